The van der Waals surface area contributed by atoms with E-state index in [1.165, 1.54) is 16.0 Å². The van der Waals surface area contributed by atoms with Crippen LogP contribution in [0.4, 0.5) is 5.69 Å². The first-order valence-corrected chi connectivity index (χ1v) is 9.57. The van der Waals surface area contributed by atoms with E-state index in [1.807, 2.05) is 19.9 Å². The number of benzene rings is 1. The van der Waals surface area contributed by atoms with Gasteiger partial charge in [-0.3, -0.25) is 9.59 Å². The molecule has 0 saturated carbocycles. The molecule has 1 amide bonds. The van der Waals surface area contributed by atoms with Crippen molar-refractivity contribution in [1.29, 1.82) is 5.26 Å². The summed E-state index contributed by atoms with van der Waals surface area (Å²) in [6, 6.07) is 8.68. The van der Waals surface area contributed by atoms with Crippen LogP contribution in [0.2, 0.25) is 0 Å². The van der Waals surface area contributed by atoms with Gasteiger partial charge in [0.25, 0.3) is 11.5 Å². The second-order valence-electron chi connectivity index (χ2n) is 6.38. The molecule has 0 radical (unpaired) electrons. The molecule has 0 saturated heterocycles. The van der Waals surface area contributed by atoms with Crippen LogP contribution in [0.1, 0.15) is 26.6 Å². The number of carbonyl (C=O) groups excluding carboxylic acids is 1. The number of rotatable bonds is 5. The molecule has 0 aliphatic heterocycles. The van der Waals surface area contributed by atoms with Crippen LogP contribution in [0.3, 0.4) is 0 Å². The van der Waals surface area contributed by atoms with Gasteiger partial charge >= 0.3 is 0 Å². The third kappa shape index (κ3) is 4.17. The minimum Gasteiger partial charge on any atom is -0.479 e. The SMILES string of the molecule is Cc1nc(-c2c(C)c(C)nn(C)c2=O)sc1C(=O)Nc1cccc(OCC#N)c1. The molecule has 0 fully saturated rings. The Morgan fingerprint density at radius 1 is 1.31 bits per heavy atom. The van der Waals surface area contributed by atoms with Crippen molar-refractivity contribution in [2.24, 2.45) is 7.05 Å². The molecule has 0 aliphatic rings. The fourth-order valence-corrected chi connectivity index (χ4v) is 3.84. The van der Waals surface area contributed by atoms with Gasteiger partial charge in [-0.15, -0.1) is 11.3 Å². The summed E-state index contributed by atoms with van der Waals surface area (Å²) >= 11 is 1.17. The second-order valence-corrected chi connectivity index (χ2v) is 7.38. The number of ether oxygens (including phenoxy) is 1. The first-order chi connectivity index (χ1) is 13.8. The molecule has 3 aromatic rings. The van der Waals surface area contributed by atoms with E-state index in [1.54, 1.807) is 38.2 Å². The van der Waals surface area contributed by atoms with E-state index in [2.05, 4.69) is 15.4 Å². The number of nitrogens with one attached hydrogen (secondary N) is 1. The van der Waals surface area contributed by atoms with Crippen LogP contribution in [0.5, 0.6) is 5.75 Å². The molecule has 0 unspecified atom stereocenters. The van der Waals surface area contributed by atoms with Gasteiger partial charge in [0.15, 0.2) is 6.61 Å². The highest BCUT2D eigenvalue weighted by atomic mass is 32.1. The highest BCUT2D eigenvalue weighted by Gasteiger charge is 2.21. The lowest BCUT2D eigenvalue weighted by atomic mass is 10.1. The zero-order chi connectivity index (χ0) is 21.1. The van der Waals surface area contributed by atoms with Crippen molar-refractivity contribution in [3.63, 3.8) is 0 Å². The Bertz CT molecular complexity index is 1190. The van der Waals surface area contributed by atoms with Crippen LogP contribution in [0.25, 0.3) is 10.6 Å². The van der Waals surface area contributed by atoms with E-state index in [0.29, 0.717) is 32.6 Å². The number of hydrogen-bond donors (Lipinski definition) is 1. The summed E-state index contributed by atoms with van der Waals surface area (Å²) in [6.45, 7) is 5.31. The number of aryl methyl sites for hydroxylation is 3. The Labute approximate surface area is 171 Å². The average molecular weight is 409 g/mol. The average Bonchev–Trinajstić information content (AvgIpc) is 3.06. The van der Waals surface area contributed by atoms with Gasteiger partial charge in [-0.2, -0.15) is 10.4 Å². The molecule has 148 valence electrons. The summed E-state index contributed by atoms with van der Waals surface area (Å²) in [5.74, 6) is 0.154. The maximum absolute atomic E-state index is 12.8. The van der Waals surface area contributed by atoms with Crippen molar-refractivity contribution >= 4 is 22.9 Å². The third-order valence-corrected chi connectivity index (χ3v) is 5.51. The van der Waals surface area contributed by atoms with Gasteiger partial charge < -0.3 is 10.1 Å². The molecule has 0 spiro atoms. The largest absolute Gasteiger partial charge is 0.479 e. The summed E-state index contributed by atoms with van der Waals surface area (Å²) in [4.78, 5) is 30.2. The Hall–Kier alpha value is -3.51. The van der Waals surface area contributed by atoms with E-state index in [4.69, 9.17) is 10.00 Å². The maximum Gasteiger partial charge on any atom is 0.277 e. The highest BCUT2D eigenvalue weighted by Crippen LogP contribution is 2.29. The van der Waals surface area contributed by atoms with Gasteiger partial charge in [-0.05, 0) is 38.5 Å². The van der Waals surface area contributed by atoms with Crippen LogP contribution in [-0.4, -0.2) is 27.3 Å². The first-order valence-electron chi connectivity index (χ1n) is 8.75. The van der Waals surface area contributed by atoms with Gasteiger partial charge in [0.1, 0.15) is 21.7 Å². The molecule has 2 aromatic heterocycles. The van der Waals surface area contributed by atoms with Crippen molar-refractivity contribution in [3.05, 3.63) is 56.4 Å². The number of aromatic nitrogens is 3. The van der Waals surface area contributed by atoms with Crippen LogP contribution < -0.4 is 15.6 Å². The molecule has 1 aromatic carbocycles. The fourth-order valence-electron chi connectivity index (χ4n) is 2.78. The second kappa shape index (κ2) is 8.24. The highest BCUT2D eigenvalue weighted by molar-refractivity contribution is 7.17. The van der Waals surface area contributed by atoms with Crippen LogP contribution >= 0.6 is 11.3 Å². The normalized spacial score (nSPS) is 10.4. The minimum atomic E-state index is -0.330. The van der Waals surface area contributed by atoms with E-state index in [0.717, 1.165) is 11.3 Å². The molecule has 1 N–H and O–H groups in total. The molecule has 29 heavy (non-hydrogen) atoms. The molecule has 0 aliphatic carbocycles. The lowest BCUT2D eigenvalue weighted by Crippen LogP contribution is -2.23. The van der Waals surface area contributed by atoms with Gasteiger partial charge in [0.2, 0.25) is 0 Å². The quantitative estimate of drug-likeness (QED) is 0.694. The van der Waals surface area contributed by atoms with Crippen molar-refractivity contribution in [3.8, 4) is 22.4 Å². The van der Waals surface area contributed by atoms with E-state index in [-0.39, 0.29) is 18.1 Å². The predicted molar refractivity (Wildman–Crippen MR) is 110 cm³/mol. The fraction of sp³-hybridized carbons (Fsp3) is 0.250. The maximum atomic E-state index is 12.8. The standard InChI is InChI=1S/C20H19N5O3S/c1-11-12(2)24-25(4)20(27)16(11)19-22-13(3)17(29-19)18(26)23-14-6-5-7-15(10-14)28-9-8-21/h5-7,10H,9H2,1-4H3,(H,23,26). The van der Waals surface area contributed by atoms with Crippen molar-refractivity contribution in [2.75, 3.05) is 11.9 Å². The number of amides is 1. The van der Waals surface area contributed by atoms with Gasteiger partial charge in [0.05, 0.1) is 17.0 Å². The zero-order valence-corrected chi connectivity index (χ0v) is 17.3. The molecule has 2 heterocycles. The summed E-state index contributed by atoms with van der Waals surface area (Å²) < 4.78 is 6.53. The smallest absolute Gasteiger partial charge is 0.277 e. The zero-order valence-electron chi connectivity index (χ0n) is 16.4. The Balaban J connectivity index is 1.91. The number of thiazole rings is 1. The molecule has 3 rings (SSSR count). The predicted octanol–water partition coefficient (Wildman–Crippen LogP) is 2.98. The number of hydrogen-bond acceptors (Lipinski definition) is 7. The van der Waals surface area contributed by atoms with Crippen LogP contribution in [-0.2, 0) is 7.05 Å². The summed E-state index contributed by atoms with van der Waals surface area (Å²) in [5.41, 5.74) is 2.75. The number of anilines is 1. The molecule has 0 bridgehead atoms. The molecular formula is C20H19N5O3S. The van der Waals surface area contributed by atoms with Crippen LogP contribution in [0.15, 0.2) is 29.1 Å². The summed E-state index contributed by atoms with van der Waals surface area (Å²) in [7, 11) is 1.59. The van der Waals surface area contributed by atoms with E-state index >= 15 is 0 Å². The number of carbonyl (C=O) groups is 1. The van der Waals surface area contributed by atoms with Crippen molar-refractivity contribution in [1.82, 2.24) is 14.8 Å². The molecule has 0 atom stereocenters. The number of nitriles is 1. The van der Waals surface area contributed by atoms with E-state index in [9.17, 15) is 9.59 Å². The number of nitrogens with zero attached hydrogens (tertiary/aromatic N) is 4. The lowest BCUT2D eigenvalue weighted by Gasteiger charge is -2.07. The summed E-state index contributed by atoms with van der Waals surface area (Å²) in [6.07, 6.45) is 0. The molecule has 9 heteroatoms. The Morgan fingerprint density at radius 3 is 2.79 bits per heavy atom. The lowest BCUT2D eigenvalue weighted by molar-refractivity contribution is 0.103. The van der Waals surface area contributed by atoms with Crippen LogP contribution in [0, 0.1) is 32.1 Å². The first kappa shape index (κ1) is 20.2. The van der Waals surface area contributed by atoms with Gasteiger partial charge in [-0.1, -0.05) is 6.07 Å². The van der Waals surface area contributed by atoms with Crippen molar-refractivity contribution < 1.29 is 9.53 Å². The monoisotopic (exact) mass is 409 g/mol. The summed E-state index contributed by atoms with van der Waals surface area (Å²) in [5, 5.41) is 16.1. The topological polar surface area (TPSA) is 110 Å². The third-order valence-electron chi connectivity index (χ3n) is 4.34. The Kier molecular flexibility index (Phi) is 5.75. The minimum absolute atomic E-state index is 0.0750. The van der Waals surface area contributed by atoms with Gasteiger partial charge in [0, 0.05) is 18.8 Å². The van der Waals surface area contributed by atoms with E-state index < -0.39 is 0 Å². The molecular weight excluding hydrogens is 390 g/mol. The van der Waals surface area contributed by atoms with Crippen molar-refractivity contribution in [2.45, 2.75) is 20.8 Å². The Morgan fingerprint density at radius 2 is 2.07 bits per heavy atom. The molecule has 8 nitrogen and oxygen atoms in total. The van der Waals surface area contributed by atoms with Gasteiger partial charge in [-0.25, -0.2) is 9.67 Å².